The highest BCUT2D eigenvalue weighted by Crippen LogP contribution is 2.08. The lowest BCUT2D eigenvalue weighted by Crippen LogP contribution is -2.54. The fraction of sp³-hybridized carbons (Fsp3) is 0.857. The average molecular weight is 302 g/mol. The zero-order valence-corrected chi connectivity index (χ0v) is 13.3. The van der Waals surface area contributed by atoms with Crippen molar-refractivity contribution in [1.82, 2.24) is 10.2 Å². The zero-order chi connectivity index (χ0) is 15.9. The minimum atomic E-state index is -0.738. The molecule has 0 aromatic heterocycles. The lowest BCUT2D eigenvalue weighted by atomic mass is 10.2. The molecule has 7 heteroatoms. The van der Waals surface area contributed by atoms with Crippen LogP contribution in [-0.4, -0.2) is 68.1 Å². The molecule has 122 valence electrons. The number of ether oxygens (including phenoxy) is 3. The van der Waals surface area contributed by atoms with Crippen molar-refractivity contribution in [2.45, 2.75) is 39.3 Å². The number of nitrogens with one attached hydrogen (secondary N) is 1. The predicted molar refractivity (Wildman–Crippen MR) is 77.0 cm³/mol. The van der Waals surface area contributed by atoms with Crippen molar-refractivity contribution >= 4 is 12.0 Å². The summed E-state index contributed by atoms with van der Waals surface area (Å²) in [6.07, 6.45) is -0.617. The van der Waals surface area contributed by atoms with Crippen LogP contribution < -0.4 is 5.32 Å². The predicted octanol–water partition coefficient (Wildman–Crippen LogP) is 0.775. The van der Waals surface area contributed by atoms with E-state index in [9.17, 15) is 9.59 Å². The number of carbonyl (C=O) groups excluding carboxylic acids is 2. The number of rotatable bonds is 5. The number of nitrogens with zero attached hydrogens (tertiary/aromatic N) is 1. The summed E-state index contributed by atoms with van der Waals surface area (Å²) in [5.74, 6) is -0.169. The van der Waals surface area contributed by atoms with Gasteiger partial charge in [0, 0.05) is 19.7 Å². The molecule has 21 heavy (non-hydrogen) atoms. The molecule has 0 unspecified atom stereocenters. The second kappa shape index (κ2) is 8.19. The molecule has 1 aliphatic rings. The van der Waals surface area contributed by atoms with Crippen LogP contribution in [-0.2, 0) is 19.0 Å². The van der Waals surface area contributed by atoms with E-state index in [-0.39, 0.29) is 12.5 Å². The zero-order valence-electron chi connectivity index (χ0n) is 13.3. The Kier molecular flexibility index (Phi) is 6.91. The molecular weight excluding hydrogens is 276 g/mol. The van der Waals surface area contributed by atoms with E-state index in [2.05, 4.69) is 5.32 Å². The first kappa shape index (κ1) is 17.7. The van der Waals surface area contributed by atoms with Gasteiger partial charge in [0.25, 0.3) is 0 Å². The second-order valence-electron chi connectivity index (χ2n) is 5.80. The molecule has 0 radical (unpaired) electrons. The van der Waals surface area contributed by atoms with Crippen LogP contribution in [0.25, 0.3) is 0 Å². The van der Waals surface area contributed by atoms with Crippen LogP contribution in [0.5, 0.6) is 0 Å². The number of morpholine rings is 1. The molecule has 1 rings (SSSR count). The largest absolute Gasteiger partial charge is 0.444 e. The third-order valence-corrected chi connectivity index (χ3v) is 2.80. The maximum atomic E-state index is 12.4. The maximum Gasteiger partial charge on any atom is 0.408 e. The Labute approximate surface area is 125 Å². The summed E-state index contributed by atoms with van der Waals surface area (Å²) in [7, 11) is 0. The molecule has 0 aliphatic carbocycles. The van der Waals surface area contributed by atoms with Crippen molar-refractivity contribution < 1.29 is 23.8 Å². The van der Waals surface area contributed by atoms with E-state index in [0.717, 1.165) is 0 Å². The first-order valence-corrected chi connectivity index (χ1v) is 7.27. The highest BCUT2D eigenvalue weighted by atomic mass is 16.6. The highest BCUT2D eigenvalue weighted by molar-refractivity contribution is 5.86. The summed E-state index contributed by atoms with van der Waals surface area (Å²) in [6.45, 7) is 9.84. The summed E-state index contributed by atoms with van der Waals surface area (Å²) in [6, 6.07) is -0.738. The van der Waals surface area contributed by atoms with Gasteiger partial charge in [-0.05, 0) is 27.7 Å². The molecule has 0 spiro atoms. The van der Waals surface area contributed by atoms with Gasteiger partial charge < -0.3 is 24.4 Å². The molecule has 1 N–H and O–H groups in total. The number of hydrogen-bond acceptors (Lipinski definition) is 5. The van der Waals surface area contributed by atoms with Gasteiger partial charge in [0.15, 0.2) is 0 Å². The molecule has 7 nitrogen and oxygen atoms in total. The SMILES string of the molecule is CCOC[C@H](NC(=O)OC(C)(C)C)C(=O)N1CCOCC1. The maximum absolute atomic E-state index is 12.4. The molecule has 0 saturated carbocycles. The van der Waals surface area contributed by atoms with E-state index in [0.29, 0.717) is 32.9 Å². The van der Waals surface area contributed by atoms with Gasteiger partial charge in [-0.15, -0.1) is 0 Å². The highest BCUT2D eigenvalue weighted by Gasteiger charge is 2.29. The van der Waals surface area contributed by atoms with Crippen LogP contribution in [0.3, 0.4) is 0 Å². The minimum absolute atomic E-state index is 0.131. The van der Waals surface area contributed by atoms with Crippen molar-refractivity contribution in [3.8, 4) is 0 Å². The first-order chi connectivity index (χ1) is 9.83. The Balaban J connectivity index is 2.61. The standard InChI is InChI=1S/C14H26N2O5/c1-5-19-10-11(15-13(18)21-14(2,3)4)12(17)16-6-8-20-9-7-16/h11H,5-10H2,1-4H3,(H,15,18)/t11-/m0/s1. The van der Waals surface area contributed by atoms with Crippen LogP contribution in [0.4, 0.5) is 4.79 Å². The number of amides is 2. The van der Waals surface area contributed by atoms with Crippen LogP contribution in [0.1, 0.15) is 27.7 Å². The Morgan fingerprint density at radius 2 is 1.90 bits per heavy atom. The lowest BCUT2D eigenvalue weighted by Gasteiger charge is -2.31. The number of alkyl carbamates (subject to hydrolysis) is 1. The molecule has 1 atom stereocenters. The van der Waals surface area contributed by atoms with E-state index in [1.54, 1.807) is 25.7 Å². The second-order valence-corrected chi connectivity index (χ2v) is 5.80. The molecule has 1 fully saturated rings. The van der Waals surface area contributed by atoms with Gasteiger partial charge >= 0.3 is 6.09 Å². The van der Waals surface area contributed by atoms with Crippen LogP contribution in [0.2, 0.25) is 0 Å². The fourth-order valence-corrected chi connectivity index (χ4v) is 1.86. The summed E-state index contributed by atoms with van der Waals surface area (Å²) in [5.41, 5.74) is -0.609. The van der Waals surface area contributed by atoms with Crippen molar-refractivity contribution in [2.24, 2.45) is 0 Å². The molecule has 0 aromatic carbocycles. The molecular formula is C14H26N2O5. The summed E-state index contributed by atoms with van der Waals surface area (Å²) >= 11 is 0. The normalized spacial score (nSPS) is 17.2. The van der Waals surface area contributed by atoms with Crippen molar-refractivity contribution in [3.63, 3.8) is 0 Å². The number of hydrogen-bond donors (Lipinski definition) is 1. The van der Waals surface area contributed by atoms with Crippen LogP contribution in [0, 0.1) is 0 Å². The summed E-state index contributed by atoms with van der Waals surface area (Å²) in [5, 5.41) is 2.59. The van der Waals surface area contributed by atoms with Gasteiger partial charge in [0.05, 0.1) is 19.8 Å². The Morgan fingerprint density at radius 3 is 2.43 bits per heavy atom. The minimum Gasteiger partial charge on any atom is -0.444 e. The van der Waals surface area contributed by atoms with E-state index in [4.69, 9.17) is 14.2 Å². The van der Waals surface area contributed by atoms with E-state index in [1.807, 2.05) is 6.92 Å². The molecule has 0 bridgehead atoms. The Bertz CT molecular complexity index is 348. The van der Waals surface area contributed by atoms with Gasteiger partial charge in [-0.3, -0.25) is 4.79 Å². The van der Waals surface area contributed by atoms with Gasteiger partial charge in [0.2, 0.25) is 5.91 Å². The van der Waals surface area contributed by atoms with E-state index < -0.39 is 17.7 Å². The van der Waals surface area contributed by atoms with Crippen LogP contribution in [0.15, 0.2) is 0 Å². The van der Waals surface area contributed by atoms with Crippen molar-refractivity contribution in [2.75, 3.05) is 39.5 Å². The Morgan fingerprint density at radius 1 is 1.29 bits per heavy atom. The molecule has 1 aliphatic heterocycles. The first-order valence-electron chi connectivity index (χ1n) is 7.27. The average Bonchev–Trinajstić information content (AvgIpc) is 2.41. The molecule has 2 amide bonds. The Hall–Kier alpha value is -1.34. The molecule has 1 heterocycles. The third kappa shape index (κ3) is 6.77. The molecule has 0 aromatic rings. The quantitative estimate of drug-likeness (QED) is 0.812. The van der Waals surface area contributed by atoms with Gasteiger partial charge in [0.1, 0.15) is 11.6 Å². The van der Waals surface area contributed by atoms with Gasteiger partial charge in [-0.25, -0.2) is 4.79 Å². The fourth-order valence-electron chi connectivity index (χ4n) is 1.86. The monoisotopic (exact) mass is 302 g/mol. The van der Waals surface area contributed by atoms with E-state index in [1.165, 1.54) is 0 Å². The van der Waals surface area contributed by atoms with Gasteiger partial charge in [-0.2, -0.15) is 0 Å². The molecule has 1 saturated heterocycles. The van der Waals surface area contributed by atoms with E-state index >= 15 is 0 Å². The van der Waals surface area contributed by atoms with Crippen LogP contribution >= 0.6 is 0 Å². The number of carbonyl (C=O) groups is 2. The smallest absolute Gasteiger partial charge is 0.408 e. The lowest BCUT2D eigenvalue weighted by molar-refractivity contribution is -0.139. The third-order valence-electron chi connectivity index (χ3n) is 2.80. The van der Waals surface area contributed by atoms with Crippen molar-refractivity contribution in [3.05, 3.63) is 0 Å². The summed E-state index contributed by atoms with van der Waals surface area (Å²) in [4.78, 5) is 25.9. The van der Waals surface area contributed by atoms with Crippen molar-refractivity contribution in [1.29, 1.82) is 0 Å². The van der Waals surface area contributed by atoms with Gasteiger partial charge in [-0.1, -0.05) is 0 Å². The topological polar surface area (TPSA) is 77.1 Å². The summed E-state index contributed by atoms with van der Waals surface area (Å²) < 4.78 is 15.7.